The smallest absolute Gasteiger partial charge is 0.226 e. The third kappa shape index (κ3) is 5.97. The van der Waals surface area contributed by atoms with Gasteiger partial charge in [-0.05, 0) is 18.3 Å². The summed E-state index contributed by atoms with van der Waals surface area (Å²) in [6.45, 7) is 13.7. The summed E-state index contributed by atoms with van der Waals surface area (Å²) in [4.78, 5) is 12.4. The maximum Gasteiger partial charge on any atom is 0.226 e. The summed E-state index contributed by atoms with van der Waals surface area (Å²) in [6, 6.07) is 0. The molecule has 2 heteroatoms. The monoisotopic (exact) mass is 269 g/mol. The van der Waals surface area contributed by atoms with Crippen LogP contribution in [0.4, 0.5) is 0 Å². The zero-order chi connectivity index (χ0) is 14.9. The van der Waals surface area contributed by atoms with Crippen molar-refractivity contribution in [3.8, 4) is 0 Å². The predicted octanol–water partition coefficient (Wildman–Crippen LogP) is 4.78. The first kappa shape index (κ1) is 18.5. The SMILES string of the molecule is CCCCCCCCNC(=O)C(C)(C(C)C)C(C)C. The molecule has 1 amide bonds. The fraction of sp³-hybridized carbons (Fsp3) is 0.941. The van der Waals surface area contributed by atoms with Crippen molar-refractivity contribution in [3.05, 3.63) is 0 Å². The van der Waals surface area contributed by atoms with Crippen LogP contribution in [0.25, 0.3) is 0 Å². The molecular formula is C17H35NO. The molecule has 0 saturated heterocycles. The van der Waals surface area contributed by atoms with Gasteiger partial charge >= 0.3 is 0 Å². The summed E-state index contributed by atoms with van der Waals surface area (Å²) in [5.41, 5.74) is -0.248. The molecule has 0 aliphatic rings. The molecule has 0 bridgehead atoms. The standard InChI is InChI=1S/C17H35NO/c1-7-8-9-10-11-12-13-18-16(19)17(6,14(2)3)15(4)5/h14-15H,7-13H2,1-6H3,(H,18,19). The van der Waals surface area contributed by atoms with Gasteiger partial charge in [-0.3, -0.25) is 4.79 Å². The molecule has 0 aromatic rings. The molecule has 2 nitrogen and oxygen atoms in total. The van der Waals surface area contributed by atoms with Crippen LogP contribution in [0.2, 0.25) is 0 Å². The van der Waals surface area contributed by atoms with Crippen LogP contribution >= 0.6 is 0 Å². The highest BCUT2D eigenvalue weighted by atomic mass is 16.2. The van der Waals surface area contributed by atoms with E-state index in [4.69, 9.17) is 0 Å². The van der Waals surface area contributed by atoms with Gasteiger partial charge < -0.3 is 5.32 Å². The lowest BCUT2D eigenvalue weighted by Crippen LogP contribution is -2.46. The summed E-state index contributed by atoms with van der Waals surface area (Å²) in [5.74, 6) is 0.972. The fourth-order valence-electron chi connectivity index (χ4n) is 2.49. The summed E-state index contributed by atoms with van der Waals surface area (Å²) in [6.07, 6.45) is 7.61. The third-order valence-corrected chi connectivity index (χ3v) is 4.70. The summed E-state index contributed by atoms with van der Waals surface area (Å²) < 4.78 is 0. The van der Waals surface area contributed by atoms with E-state index < -0.39 is 0 Å². The molecule has 0 aliphatic carbocycles. The van der Waals surface area contributed by atoms with Crippen LogP contribution in [-0.4, -0.2) is 12.5 Å². The van der Waals surface area contributed by atoms with Crippen LogP contribution in [0.5, 0.6) is 0 Å². The number of carbonyl (C=O) groups excluding carboxylic acids is 1. The molecule has 114 valence electrons. The predicted molar refractivity (Wildman–Crippen MR) is 84.2 cm³/mol. The molecule has 1 N–H and O–H groups in total. The van der Waals surface area contributed by atoms with Crippen LogP contribution in [0.1, 0.15) is 80.1 Å². The Balaban J connectivity index is 3.96. The Morgan fingerprint density at radius 3 is 1.89 bits per heavy atom. The summed E-state index contributed by atoms with van der Waals surface area (Å²) in [7, 11) is 0. The second-order valence-corrected chi connectivity index (χ2v) is 6.62. The van der Waals surface area contributed by atoms with Gasteiger partial charge in [-0.25, -0.2) is 0 Å². The van der Waals surface area contributed by atoms with Gasteiger partial charge in [0.2, 0.25) is 5.91 Å². The second-order valence-electron chi connectivity index (χ2n) is 6.62. The number of hydrogen-bond acceptors (Lipinski definition) is 1. The van der Waals surface area contributed by atoms with Crippen molar-refractivity contribution < 1.29 is 4.79 Å². The van der Waals surface area contributed by atoms with Crippen LogP contribution in [-0.2, 0) is 4.79 Å². The van der Waals surface area contributed by atoms with Gasteiger partial charge in [-0.1, -0.05) is 73.6 Å². The van der Waals surface area contributed by atoms with Crippen molar-refractivity contribution in [1.29, 1.82) is 0 Å². The largest absolute Gasteiger partial charge is 0.356 e. The molecule has 0 radical (unpaired) electrons. The van der Waals surface area contributed by atoms with Crippen molar-refractivity contribution in [1.82, 2.24) is 5.32 Å². The van der Waals surface area contributed by atoms with E-state index in [2.05, 4.69) is 46.9 Å². The molecule has 0 unspecified atom stereocenters. The quantitative estimate of drug-likeness (QED) is 0.568. The molecule has 0 rings (SSSR count). The van der Waals surface area contributed by atoms with Gasteiger partial charge in [0.25, 0.3) is 0 Å². The van der Waals surface area contributed by atoms with Crippen molar-refractivity contribution in [2.24, 2.45) is 17.3 Å². The molecule has 0 aromatic heterocycles. The van der Waals surface area contributed by atoms with Crippen molar-refractivity contribution in [2.75, 3.05) is 6.54 Å². The molecule has 0 aliphatic heterocycles. The van der Waals surface area contributed by atoms with Crippen LogP contribution in [0, 0.1) is 17.3 Å². The average Bonchev–Trinajstić information content (AvgIpc) is 2.35. The Kier molecular flexibility index (Phi) is 9.12. The van der Waals surface area contributed by atoms with E-state index in [9.17, 15) is 4.79 Å². The van der Waals surface area contributed by atoms with Gasteiger partial charge in [0.1, 0.15) is 0 Å². The van der Waals surface area contributed by atoms with E-state index in [-0.39, 0.29) is 11.3 Å². The van der Waals surface area contributed by atoms with Crippen LogP contribution in [0.15, 0.2) is 0 Å². The lowest BCUT2D eigenvalue weighted by molar-refractivity contribution is -0.135. The topological polar surface area (TPSA) is 29.1 Å². The highest BCUT2D eigenvalue weighted by molar-refractivity contribution is 5.82. The molecule has 0 spiro atoms. The Hall–Kier alpha value is -0.530. The number of amides is 1. The number of nitrogens with one attached hydrogen (secondary N) is 1. The molecule has 0 aromatic carbocycles. The Labute approximate surface area is 120 Å². The van der Waals surface area contributed by atoms with E-state index in [0.29, 0.717) is 11.8 Å². The molecule has 0 saturated carbocycles. The minimum Gasteiger partial charge on any atom is -0.356 e. The van der Waals surface area contributed by atoms with Gasteiger partial charge in [-0.2, -0.15) is 0 Å². The molecule has 0 atom stereocenters. The molecule has 19 heavy (non-hydrogen) atoms. The fourth-order valence-corrected chi connectivity index (χ4v) is 2.49. The first-order valence-corrected chi connectivity index (χ1v) is 8.15. The van der Waals surface area contributed by atoms with Gasteiger partial charge in [0.15, 0.2) is 0 Å². The summed E-state index contributed by atoms with van der Waals surface area (Å²) >= 11 is 0. The number of carbonyl (C=O) groups is 1. The molecule has 0 fully saturated rings. The van der Waals surface area contributed by atoms with Gasteiger partial charge in [-0.15, -0.1) is 0 Å². The molecular weight excluding hydrogens is 234 g/mol. The first-order valence-electron chi connectivity index (χ1n) is 8.15. The third-order valence-electron chi connectivity index (χ3n) is 4.70. The van der Waals surface area contributed by atoms with Gasteiger partial charge in [0.05, 0.1) is 5.41 Å². The Morgan fingerprint density at radius 1 is 0.947 bits per heavy atom. The van der Waals surface area contributed by atoms with E-state index in [1.54, 1.807) is 0 Å². The van der Waals surface area contributed by atoms with Crippen LogP contribution in [0.3, 0.4) is 0 Å². The van der Waals surface area contributed by atoms with Crippen LogP contribution < -0.4 is 5.32 Å². The van der Waals surface area contributed by atoms with E-state index in [0.717, 1.165) is 13.0 Å². The van der Waals surface area contributed by atoms with E-state index in [1.807, 2.05) is 0 Å². The highest BCUT2D eigenvalue weighted by Gasteiger charge is 2.39. The van der Waals surface area contributed by atoms with Crippen molar-refractivity contribution in [2.45, 2.75) is 80.1 Å². The summed E-state index contributed by atoms with van der Waals surface area (Å²) in [5, 5.41) is 3.14. The highest BCUT2D eigenvalue weighted by Crippen LogP contribution is 2.35. The average molecular weight is 269 g/mol. The number of rotatable bonds is 10. The second kappa shape index (κ2) is 9.39. The van der Waals surface area contributed by atoms with Crippen molar-refractivity contribution in [3.63, 3.8) is 0 Å². The zero-order valence-corrected chi connectivity index (χ0v) is 14.0. The Morgan fingerprint density at radius 2 is 1.42 bits per heavy atom. The minimum absolute atomic E-state index is 0.228. The number of unbranched alkanes of at least 4 members (excludes halogenated alkanes) is 5. The van der Waals surface area contributed by atoms with E-state index in [1.165, 1.54) is 32.1 Å². The zero-order valence-electron chi connectivity index (χ0n) is 14.0. The van der Waals surface area contributed by atoms with Crippen molar-refractivity contribution >= 4 is 5.91 Å². The normalized spacial score (nSPS) is 12.2. The Bertz CT molecular complexity index is 238. The van der Waals surface area contributed by atoms with Gasteiger partial charge in [0, 0.05) is 6.54 Å². The maximum absolute atomic E-state index is 12.4. The molecule has 0 heterocycles. The van der Waals surface area contributed by atoms with E-state index >= 15 is 0 Å². The first-order chi connectivity index (χ1) is 8.87. The number of hydrogen-bond donors (Lipinski definition) is 1. The maximum atomic E-state index is 12.4. The lowest BCUT2D eigenvalue weighted by atomic mass is 9.70. The lowest BCUT2D eigenvalue weighted by Gasteiger charge is -2.36. The minimum atomic E-state index is -0.248.